The van der Waals surface area contributed by atoms with E-state index in [-0.39, 0.29) is 14.5 Å². The number of aliphatic hydroxyl groups is 6. The van der Waals surface area contributed by atoms with Crippen molar-refractivity contribution in [3.05, 3.63) is 0 Å². The van der Waals surface area contributed by atoms with Gasteiger partial charge in [-0.2, -0.15) is 0 Å². The van der Waals surface area contributed by atoms with E-state index in [4.69, 9.17) is 30.6 Å². The maximum atomic E-state index is 9.98. The normalized spacial score (nSPS) is 11.2. The summed E-state index contributed by atoms with van der Waals surface area (Å²) in [7, 11) is 3.54. The van der Waals surface area contributed by atoms with Crippen molar-refractivity contribution in [1.82, 2.24) is 0 Å². The van der Waals surface area contributed by atoms with Crippen LogP contribution in [0, 0.1) is 5.75 Å². The van der Waals surface area contributed by atoms with Crippen molar-refractivity contribution in [2.24, 2.45) is 0 Å². The summed E-state index contributed by atoms with van der Waals surface area (Å²) in [6.07, 6.45) is -6.11. The van der Waals surface area contributed by atoms with Crippen LogP contribution in [0.4, 0.5) is 0 Å². The van der Waals surface area contributed by atoms with Gasteiger partial charge in [-0.1, -0.05) is 0 Å². The summed E-state index contributed by atoms with van der Waals surface area (Å²) in [6.45, 7) is 0.644. The first-order valence-electron chi connectivity index (χ1n) is 4.61. The van der Waals surface area contributed by atoms with Crippen LogP contribution in [0.15, 0.2) is 0 Å². The fraction of sp³-hybridized carbons (Fsp3) is 0.875. The van der Waals surface area contributed by atoms with E-state index in [1.165, 1.54) is 0 Å². The molecule has 0 aliphatic rings. The molecule has 0 atom stereocenters. The number of quaternary nitrogens is 1. The van der Waals surface area contributed by atoms with E-state index in [1.54, 1.807) is 0 Å². The topological polar surface area (TPSA) is 138 Å². The predicted molar refractivity (Wildman–Crippen MR) is 58.0 cm³/mol. The van der Waals surface area contributed by atoms with Gasteiger partial charge in [0.15, 0.2) is 18.7 Å². The van der Waals surface area contributed by atoms with Crippen LogP contribution < -0.4 is 0 Å². The fourth-order valence-electron chi connectivity index (χ4n) is 0.564. The van der Waals surface area contributed by atoms with E-state index in [0.29, 0.717) is 11.0 Å². The fourth-order valence-corrected chi connectivity index (χ4v) is 0.886. The summed E-state index contributed by atoms with van der Waals surface area (Å²) >= 11 is 0. The zero-order valence-corrected chi connectivity index (χ0v) is 10.5. The van der Waals surface area contributed by atoms with Crippen LogP contribution in [-0.4, -0.2) is 81.1 Å². The SMILES string of the molecule is C[N+](C)(C#P=O)CCO.OC(O)C(O)C(O)O. The molecule has 9 heteroatoms. The molecule has 0 unspecified atom stereocenters. The Labute approximate surface area is 100 Å². The second-order valence-electron chi connectivity index (χ2n) is 3.64. The molecule has 0 aliphatic carbocycles. The van der Waals surface area contributed by atoms with Crippen LogP contribution in [0.25, 0.3) is 0 Å². The molecule has 0 radical (unpaired) electrons. The molecular weight excluding hydrogens is 253 g/mol. The summed E-state index contributed by atoms with van der Waals surface area (Å²) < 4.78 is 10.3. The molecule has 0 saturated heterocycles. The third-order valence-corrected chi connectivity index (χ3v) is 2.20. The Morgan fingerprint density at radius 2 is 1.53 bits per heavy atom. The summed E-state index contributed by atoms with van der Waals surface area (Å²) in [5.41, 5.74) is 0. The zero-order chi connectivity index (χ0) is 14.1. The van der Waals surface area contributed by atoms with E-state index in [1.807, 2.05) is 14.1 Å². The quantitative estimate of drug-likeness (QED) is 0.185. The van der Waals surface area contributed by atoms with Gasteiger partial charge in [0.05, 0.1) is 0 Å². The summed E-state index contributed by atoms with van der Waals surface area (Å²) in [5.74, 6) is 2.62. The zero-order valence-electron chi connectivity index (χ0n) is 9.63. The van der Waals surface area contributed by atoms with Crippen LogP contribution in [0.1, 0.15) is 0 Å². The average Bonchev–Trinajstić information content (AvgIpc) is 2.16. The largest absolute Gasteiger partial charge is 0.382 e. The van der Waals surface area contributed by atoms with Gasteiger partial charge in [0, 0.05) is 0 Å². The summed E-state index contributed by atoms with van der Waals surface area (Å²) in [5, 5.41) is 48.6. The van der Waals surface area contributed by atoms with Gasteiger partial charge in [0.2, 0.25) is 0 Å². The molecule has 0 heterocycles. The molecular formula is C8H19NO7P+. The van der Waals surface area contributed by atoms with Crippen molar-refractivity contribution in [3.63, 3.8) is 0 Å². The number of hydrogen-bond donors (Lipinski definition) is 6. The van der Waals surface area contributed by atoms with Gasteiger partial charge in [-0.15, -0.1) is 0 Å². The van der Waals surface area contributed by atoms with Gasteiger partial charge >= 0.3 is 55.1 Å². The minimum atomic E-state index is -2.10. The number of likely N-dealkylation sites (N-methyl/N-ethyl adjacent to an activating group) is 1. The maximum Gasteiger partial charge on any atom is 0.183 e. The summed E-state index contributed by atoms with van der Waals surface area (Å²) in [4.78, 5) is 0. The number of nitrogens with zero attached hydrogens (tertiary/aromatic N) is 1. The van der Waals surface area contributed by atoms with E-state index < -0.39 is 18.7 Å². The molecule has 0 rings (SSSR count). The van der Waals surface area contributed by atoms with Gasteiger partial charge < -0.3 is 25.5 Å². The van der Waals surface area contributed by atoms with E-state index in [0.717, 1.165) is 0 Å². The monoisotopic (exact) mass is 272 g/mol. The molecule has 0 bridgehead atoms. The minimum Gasteiger partial charge on any atom is -0.382 e. The third kappa shape index (κ3) is 12.0. The van der Waals surface area contributed by atoms with Crippen molar-refractivity contribution in [2.75, 3.05) is 27.2 Å². The van der Waals surface area contributed by atoms with E-state index >= 15 is 0 Å². The molecule has 102 valence electrons. The molecule has 0 aromatic carbocycles. The second-order valence-corrected chi connectivity index (χ2v) is 4.02. The number of aliphatic hydroxyl groups excluding tert-OH is 4. The van der Waals surface area contributed by atoms with Crippen LogP contribution in [-0.2, 0) is 4.57 Å². The Kier molecular flexibility index (Phi) is 10.9. The van der Waals surface area contributed by atoms with Gasteiger partial charge in [0.1, 0.15) is 0 Å². The maximum absolute atomic E-state index is 9.98. The van der Waals surface area contributed by atoms with Crippen LogP contribution in [0.3, 0.4) is 0 Å². The first-order chi connectivity index (χ1) is 7.67. The molecule has 0 amide bonds. The Hall–Kier alpha value is -0.270. The van der Waals surface area contributed by atoms with Crippen molar-refractivity contribution in [2.45, 2.75) is 18.7 Å². The van der Waals surface area contributed by atoms with Crippen molar-refractivity contribution >= 4 is 7.92 Å². The molecule has 0 saturated carbocycles. The van der Waals surface area contributed by atoms with Crippen molar-refractivity contribution in [3.8, 4) is 5.75 Å². The standard InChI is InChI=1S/C5H11NO2P.C3H8O5/c1-6(2,3-4-7)5-9-8;4-1(2(5)6)3(7)8/h7H,3-4H2,1-2H3;1-8H/q+1;. The minimum absolute atomic E-state index is 0.0928. The van der Waals surface area contributed by atoms with Crippen molar-refractivity contribution in [1.29, 1.82) is 0 Å². The molecule has 0 aliphatic heterocycles. The van der Waals surface area contributed by atoms with Gasteiger partial charge in [-0.25, -0.2) is 0 Å². The molecule has 17 heavy (non-hydrogen) atoms. The van der Waals surface area contributed by atoms with E-state index in [9.17, 15) is 4.57 Å². The first kappa shape index (κ1) is 19.1. The van der Waals surface area contributed by atoms with Crippen LogP contribution in [0.2, 0.25) is 0 Å². The second kappa shape index (κ2) is 9.73. The molecule has 0 aromatic heterocycles. The predicted octanol–water partition coefficient (Wildman–Crippen LogP) is -2.77. The molecule has 0 aromatic rings. The van der Waals surface area contributed by atoms with E-state index in [2.05, 4.69) is 5.75 Å². The van der Waals surface area contributed by atoms with Crippen molar-refractivity contribution < 1.29 is 39.7 Å². The smallest absolute Gasteiger partial charge is 0.183 e. The average molecular weight is 272 g/mol. The van der Waals surface area contributed by atoms with Crippen LogP contribution in [0.5, 0.6) is 0 Å². The van der Waals surface area contributed by atoms with Crippen LogP contribution >= 0.6 is 7.92 Å². The summed E-state index contributed by atoms with van der Waals surface area (Å²) in [6, 6.07) is 0. The Balaban J connectivity index is 0. The number of hydrogen-bond acceptors (Lipinski definition) is 7. The Morgan fingerprint density at radius 3 is 1.71 bits per heavy atom. The molecule has 8 nitrogen and oxygen atoms in total. The molecule has 0 spiro atoms. The molecule has 6 N–H and O–H groups in total. The first-order valence-corrected chi connectivity index (χ1v) is 5.43. The van der Waals surface area contributed by atoms with Gasteiger partial charge in [-0.05, 0) is 0 Å². The number of rotatable bonds is 4. The third-order valence-electron chi connectivity index (χ3n) is 1.58. The van der Waals surface area contributed by atoms with Gasteiger partial charge in [0.25, 0.3) is 0 Å². The van der Waals surface area contributed by atoms with Gasteiger partial charge in [-0.3, -0.25) is 0 Å². The Morgan fingerprint density at radius 1 is 1.12 bits per heavy atom. The molecule has 0 fully saturated rings. The Bertz CT molecular complexity index is 279.